The van der Waals surface area contributed by atoms with Crippen LogP contribution in [0.1, 0.15) is 11.1 Å². The Kier molecular flexibility index (Phi) is 9.07. The molecule has 0 saturated carbocycles. The Balaban J connectivity index is 1.59. The molecule has 2 aromatic carbocycles. The van der Waals surface area contributed by atoms with Gasteiger partial charge in [0.2, 0.25) is 0 Å². The standard InChI is InChI=1S/C29H34N2O4/c1-32-26-12-8-24(9-13-26)28(30-16-20-34-21-17-30)6-4-3-5-7-29(31-18-22-35-23-19-31)25-10-14-27(33-2)15-11-25/h3-6,8-15H,16-23H2,1-2H3. The van der Waals surface area contributed by atoms with Crippen molar-refractivity contribution in [3.05, 3.63) is 89.7 Å². The lowest BCUT2D eigenvalue weighted by Crippen LogP contribution is -2.34. The van der Waals surface area contributed by atoms with Crippen LogP contribution in [0.3, 0.4) is 0 Å². The Morgan fingerprint density at radius 3 is 1.77 bits per heavy atom. The van der Waals surface area contributed by atoms with Gasteiger partial charge in [-0.05, 0) is 66.2 Å². The number of morpholine rings is 2. The van der Waals surface area contributed by atoms with E-state index in [1.165, 1.54) is 5.70 Å². The minimum Gasteiger partial charge on any atom is -0.497 e. The van der Waals surface area contributed by atoms with Gasteiger partial charge in [0, 0.05) is 37.4 Å². The molecule has 2 saturated heterocycles. The van der Waals surface area contributed by atoms with Crippen molar-refractivity contribution in [2.45, 2.75) is 0 Å². The molecule has 184 valence electrons. The van der Waals surface area contributed by atoms with Crippen LogP contribution in [0.2, 0.25) is 0 Å². The molecule has 0 bridgehead atoms. The quantitative estimate of drug-likeness (QED) is 0.416. The molecule has 35 heavy (non-hydrogen) atoms. The first-order valence-electron chi connectivity index (χ1n) is 12.1. The molecule has 2 aromatic rings. The number of rotatable bonds is 8. The molecule has 4 rings (SSSR count). The largest absolute Gasteiger partial charge is 0.497 e. The molecular formula is C29H34N2O4. The Labute approximate surface area is 208 Å². The molecule has 0 radical (unpaired) electrons. The predicted octanol–water partition coefficient (Wildman–Crippen LogP) is 4.46. The number of allylic oxidation sites excluding steroid dienone is 4. The van der Waals surface area contributed by atoms with Gasteiger partial charge in [0.25, 0.3) is 0 Å². The first-order valence-corrected chi connectivity index (χ1v) is 12.1. The van der Waals surface area contributed by atoms with E-state index in [1.54, 1.807) is 14.2 Å². The summed E-state index contributed by atoms with van der Waals surface area (Å²) in [5.41, 5.74) is 8.01. The molecule has 2 heterocycles. The van der Waals surface area contributed by atoms with Crippen LogP contribution in [0.5, 0.6) is 11.5 Å². The summed E-state index contributed by atoms with van der Waals surface area (Å²) in [5, 5.41) is 0. The summed E-state index contributed by atoms with van der Waals surface area (Å²) in [6.45, 7) is 6.39. The van der Waals surface area contributed by atoms with Crippen LogP contribution >= 0.6 is 0 Å². The molecule has 0 aliphatic carbocycles. The van der Waals surface area contributed by atoms with E-state index in [0.29, 0.717) is 0 Å². The third-order valence-corrected chi connectivity index (χ3v) is 6.11. The monoisotopic (exact) mass is 474 g/mol. The van der Waals surface area contributed by atoms with Gasteiger partial charge in [-0.1, -0.05) is 17.9 Å². The van der Waals surface area contributed by atoms with Crippen LogP contribution in [0, 0.1) is 0 Å². The van der Waals surface area contributed by atoms with Crippen molar-refractivity contribution in [1.29, 1.82) is 0 Å². The van der Waals surface area contributed by atoms with Gasteiger partial charge in [0.15, 0.2) is 0 Å². The highest BCUT2D eigenvalue weighted by Gasteiger charge is 2.16. The summed E-state index contributed by atoms with van der Waals surface area (Å²) in [6.07, 6.45) is 8.25. The van der Waals surface area contributed by atoms with Crippen LogP contribution in [0.25, 0.3) is 11.4 Å². The van der Waals surface area contributed by atoms with Gasteiger partial charge in [0.05, 0.1) is 46.3 Å². The molecule has 2 fully saturated rings. The third kappa shape index (κ3) is 6.80. The van der Waals surface area contributed by atoms with Gasteiger partial charge in [-0.3, -0.25) is 0 Å². The van der Waals surface area contributed by atoms with Gasteiger partial charge in [-0.2, -0.15) is 0 Å². The lowest BCUT2D eigenvalue weighted by Gasteiger charge is -2.31. The maximum Gasteiger partial charge on any atom is 0.118 e. The van der Waals surface area contributed by atoms with E-state index >= 15 is 0 Å². The minimum atomic E-state index is 0.727. The lowest BCUT2D eigenvalue weighted by atomic mass is 10.1. The second-order valence-electron chi connectivity index (χ2n) is 8.25. The van der Waals surface area contributed by atoms with Crippen LogP contribution < -0.4 is 9.47 Å². The number of nitrogens with zero attached hydrogens (tertiary/aromatic N) is 2. The summed E-state index contributed by atoms with van der Waals surface area (Å²) in [4.78, 5) is 4.69. The first-order chi connectivity index (χ1) is 17.3. The summed E-state index contributed by atoms with van der Waals surface area (Å²) < 4.78 is 21.8. The Morgan fingerprint density at radius 2 is 1.23 bits per heavy atom. The van der Waals surface area contributed by atoms with E-state index in [9.17, 15) is 0 Å². The van der Waals surface area contributed by atoms with E-state index in [1.807, 2.05) is 36.4 Å². The zero-order valence-corrected chi connectivity index (χ0v) is 20.6. The normalized spacial score (nSPS) is 16.7. The molecule has 0 N–H and O–H groups in total. The fourth-order valence-corrected chi connectivity index (χ4v) is 4.17. The number of methoxy groups -OCH3 is 2. The molecule has 2 aliphatic rings. The lowest BCUT2D eigenvalue weighted by molar-refractivity contribution is 0.0639. The topological polar surface area (TPSA) is 43.4 Å². The van der Waals surface area contributed by atoms with Gasteiger partial charge in [0.1, 0.15) is 11.5 Å². The van der Waals surface area contributed by atoms with Crippen LogP contribution in [0.4, 0.5) is 0 Å². The van der Waals surface area contributed by atoms with Crippen molar-refractivity contribution in [1.82, 2.24) is 9.80 Å². The van der Waals surface area contributed by atoms with Gasteiger partial charge >= 0.3 is 0 Å². The molecule has 0 unspecified atom stereocenters. The Hall–Kier alpha value is -3.44. The zero-order valence-electron chi connectivity index (χ0n) is 20.6. The summed E-state index contributed by atoms with van der Waals surface area (Å²) in [7, 11) is 3.37. The molecule has 2 aliphatic heterocycles. The summed E-state index contributed by atoms with van der Waals surface area (Å²) >= 11 is 0. The van der Waals surface area contributed by atoms with E-state index in [-0.39, 0.29) is 0 Å². The number of benzene rings is 2. The second kappa shape index (κ2) is 12.9. The fourth-order valence-electron chi connectivity index (χ4n) is 4.17. The number of ether oxygens (including phenoxy) is 4. The van der Waals surface area contributed by atoms with E-state index < -0.39 is 0 Å². The van der Waals surface area contributed by atoms with Gasteiger partial charge in [-0.15, -0.1) is 0 Å². The average molecular weight is 475 g/mol. The van der Waals surface area contributed by atoms with Crippen molar-refractivity contribution >= 4 is 11.4 Å². The van der Waals surface area contributed by atoms with Crippen LogP contribution in [-0.4, -0.2) is 76.6 Å². The Bertz CT molecular complexity index is 1050. The fraction of sp³-hybridized carbons (Fsp3) is 0.345. The molecule has 0 spiro atoms. The number of hydrogen-bond acceptors (Lipinski definition) is 6. The third-order valence-electron chi connectivity index (χ3n) is 6.11. The van der Waals surface area contributed by atoms with Crippen LogP contribution in [-0.2, 0) is 9.47 Å². The van der Waals surface area contributed by atoms with Crippen molar-refractivity contribution in [2.75, 3.05) is 66.8 Å². The number of hydrogen-bond donors (Lipinski definition) is 0. The first kappa shape index (κ1) is 24.7. The van der Waals surface area contributed by atoms with E-state index in [2.05, 4.69) is 51.9 Å². The molecule has 0 atom stereocenters. The maximum absolute atomic E-state index is 5.56. The smallest absolute Gasteiger partial charge is 0.118 e. The highest BCUT2D eigenvalue weighted by Crippen LogP contribution is 2.24. The van der Waals surface area contributed by atoms with Gasteiger partial charge < -0.3 is 28.7 Å². The summed E-state index contributed by atoms with van der Waals surface area (Å²) in [5.74, 6) is 1.70. The Morgan fingerprint density at radius 1 is 0.714 bits per heavy atom. The SMILES string of the molecule is COc1ccc(C(=C=CC=CC=C(c2ccc(OC)cc2)N2CCOCC2)N2CCOCC2)cc1. The van der Waals surface area contributed by atoms with Crippen LogP contribution in [0.15, 0.2) is 78.6 Å². The van der Waals surface area contributed by atoms with Crippen molar-refractivity contribution < 1.29 is 18.9 Å². The molecule has 6 nitrogen and oxygen atoms in total. The zero-order chi connectivity index (χ0) is 24.3. The predicted molar refractivity (Wildman–Crippen MR) is 139 cm³/mol. The second-order valence-corrected chi connectivity index (χ2v) is 8.25. The highest BCUT2D eigenvalue weighted by molar-refractivity contribution is 5.67. The minimum absolute atomic E-state index is 0.727. The van der Waals surface area contributed by atoms with Crippen molar-refractivity contribution in [3.63, 3.8) is 0 Å². The van der Waals surface area contributed by atoms with Crippen molar-refractivity contribution in [3.8, 4) is 11.5 Å². The van der Waals surface area contributed by atoms with Crippen molar-refractivity contribution in [2.24, 2.45) is 0 Å². The molecule has 0 aromatic heterocycles. The molecular weight excluding hydrogens is 440 g/mol. The highest BCUT2D eigenvalue weighted by atomic mass is 16.5. The van der Waals surface area contributed by atoms with Gasteiger partial charge in [-0.25, -0.2) is 0 Å². The van der Waals surface area contributed by atoms with E-state index in [0.717, 1.165) is 80.9 Å². The van der Waals surface area contributed by atoms with E-state index in [4.69, 9.17) is 18.9 Å². The molecule has 0 amide bonds. The maximum atomic E-state index is 5.56. The average Bonchev–Trinajstić information content (AvgIpc) is 2.94. The summed E-state index contributed by atoms with van der Waals surface area (Å²) in [6, 6.07) is 16.3. The molecule has 6 heteroatoms.